The van der Waals surface area contributed by atoms with Gasteiger partial charge < -0.3 is 10.6 Å². The molecule has 1 heterocycles. The molecule has 2 unspecified atom stereocenters. The SMILES string of the molecule is CCCCCC(C)(C)CNC(=O)CC1NCCCC1C. The maximum Gasteiger partial charge on any atom is 0.221 e. The average molecular weight is 282 g/mol. The molecule has 1 aliphatic heterocycles. The molecule has 1 fully saturated rings. The quantitative estimate of drug-likeness (QED) is 0.669. The van der Waals surface area contributed by atoms with E-state index in [1.54, 1.807) is 0 Å². The lowest BCUT2D eigenvalue weighted by molar-refractivity contribution is -0.122. The van der Waals surface area contributed by atoms with Gasteiger partial charge in [-0.2, -0.15) is 0 Å². The van der Waals surface area contributed by atoms with Crippen LogP contribution in [0.1, 0.15) is 72.6 Å². The molecule has 2 atom stereocenters. The first-order chi connectivity index (χ1) is 9.44. The Kier molecular flexibility index (Phi) is 7.57. The van der Waals surface area contributed by atoms with E-state index in [0.29, 0.717) is 18.4 Å². The van der Waals surface area contributed by atoms with Crippen LogP contribution in [0.4, 0.5) is 0 Å². The second-order valence-electron chi connectivity index (χ2n) is 7.28. The lowest BCUT2D eigenvalue weighted by Gasteiger charge is -2.30. The number of carbonyl (C=O) groups excluding carboxylic acids is 1. The Bertz CT molecular complexity index is 289. The first kappa shape index (κ1) is 17.5. The number of carbonyl (C=O) groups is 1. The maximum atomic E-state index is 12.1. The molecular weight excluding hydrogens is 248 g/mol. The van der Waals surface area contributed by atoms with E-state index in [-0.39, 0.29) is 11.3 Å². The van der Waals surface area contributed by atoms with E-state index in [1.165, 1.54) is 38.5 Å². The summed E-state index contributed by atoms with van der Waals surface area (Å²) in [5, 5.41) is 6.62. The van der Waals surface area contributed by atoms with E-state index in [9.17, 15) is 4.79 Å². The van der Waals surface area contributed by atoms with Gasteiger partial charge in [0.2, 0.25) is 5.91 Å². The number of piperidine rings is 1. The van der Waals surface area contributed by atoms with Gasteiger partial charge in [-0.15, -0.1) is 0 Å². The minimum absolute atomic E-state index is 0.208. The van der Waals surface area contributed by atoms with Crippen LogP contribution in [0.2, 0.25) is 0 Å². The number of hydrogen-bond acceptors (Lipinski definition) is 2. The van der Waals surface area contributed by atoms with Gasteiger partial charge >= 0.3 is 0 Å². The highest BCUT2D eigenvalue weighted by Gasteiger charge is 2.24. The van der Waals surface area contributed by atoms with Crippen LogP contribution in [0.3, 0.4) is 0 Å². The predicted octanol–water partition coefficient (Wildman–Crippen LogP) is 3.49. The summed E-state index contributed by atoms with van der Waals surface area (Å²) in [6, 6.07) is 0.368. The Morgan fingerprint density at radius 3 is 2.75 bits per heavy atom. The van der Waals surface area contributed by atoms with Crippen LogP contribution in [0.15, 0.2) is 0 Å². The zero-order valence-corrected chi connectivity index (χ0v) is 13.9. The number of rotatable bonds is 8. The smallest absolute Gasteiger partial charge is 0.221 e. The minimum atomic E-state index is 0.208. The summed E-state index contributed by atoms with van der Waals surface area (Å²) in [4.78, 5) is 12.1. The molecule has 0 saturated carbocycles. The maximum absolute atomic E-state index is 12.1. The summed E-state index contributed by atoms with van der Waals surface area (Å²) >= 11 is 0. The average Bonchev–Trinajstić information content (AvgIpc) is 2.40. The number of hydrogen-bond donors (Lipinski definition) is 2. The lowest BCUT2D eigenvalue weighted by Crippen LogP contribution is -2.44. The zero-order valence-electron chi connectivity index (χ0n) is 13.9. The summed E-state index contributed by atoms with van der Waals surface area (Å²) in [5.41, 5.74) is 0.219. The van der Waals surface area contributed by atoms with Crippen molar-refractivity contribution in [2.75, 3.05) is 13.1 Å². The van der Waals surface area contributed by atoms with Crippen molar-refractivity contribution in [3.8, 4) is 0 Å². The van der Waals surface area contributed by atoms with Gasteiger partial charge in [0.25, 0.3) is 0 Å². The van der Waals surface area contributed by atoms with Crippen molar-refractivity contribution >= 4 is 5.91 Å². The number of unbranched alkanes of at least 4 members (excludes halogenated alkanes) is 2. The third kappa shape index (κ3) is 6.74. The van der Waals surface area contributed by atoms with Gasteiger partial charge in [0.05, 0.1) is 0 Å². The fraction of sp³-hybridized carbons (Fsp3) is 0.941. The van der Waals surface area contributed by atoms with Crippen molar-refractivity contribution in [2.24, 2.45) is 11.3 Å². The van der Waals surface area contributed by atoms with E-state index in [1.807, 2.05) is 0 Å². The first-order valence-electron chi connectivity index (χ1n) is 8.44. The van der Waals surface area contributed by atoms with Gasteiger partial charge in [-0.3, -0.25) is 4.79 Å². The topological polar surface area (TPSA) is 41.1 Å². The van der Waals surface area contributed by atoms with Crippen LogP contribution in [-0.4, -0.2) is 25.0 Å². The molecule has 20 heavy (non-hydrogen) atoms. The van der Waals surface area contributed by atoms with Crippen LogP contribution in [0.25, 0.3) is 0 Å². The Morgan fingerprint density at radius 2 is 2.10 bits per heavy atom. The molecule has 0 aromatic carbocycles. The van der Waals surface area contributed by atoms with Gasteiger partial charge in [-0.25, -0.2) is 0 Å². The highest BCUT2D eigenvalue weighted by Crippen LogP contribution is 2.23. The summed E-state index contributed by atoms with van der Waals surface area (Å²) < 4.78 is 0. The highest BCUT2D eigenvalue weighted by molar-refractivity contribution is 5.76. The van der Waals surface area contributed by atoms with Crippen LogP contribution >= 0.6 is 0 Å². The summed E-state index contributed by atoms with van der Waals surface area (Å²) in [5.74, 6) is 0.826. The number of amides is 1. The Labute approximate surface area is 125 Å². The fourth-order valence-electron chi connectivity index (χ4n) is 2.94. The number of nitrogens with one attached hydrogen (secondary N) is 2. The molecule has 3 nitrogen and oxygen atoms in total. The molecule has 0 aliphatic carbocycles. The molecule has 0 aromatic rings. The van der Waals surface area contributed by atoms with Crippen molar-refractivity contribution in [1.82, 2.24) is 10.6 Å². The van der Waals surface area contributed by atoms with Crippen LogP contribution in [0, 0.1) is 11.3 Å². The normalized spacial score (nSPS) is 23.6. The van der Waals surface area contributed by atoms with Crippen LogP contribution in [-0.2, 0) is 4.79 Å². The Balaban J connectivity index is 2.24. The van der Waals surface area contributed by atoms with Crippen molar-refractivity contribution in [2.45, 2.75) is 78.7 Å². The molecule has 0 radical (unpaired) electrons. The summed E-state index contributed by atoms with van der Waals surface area (Å²) in [6.07, 6.45) is 8.12. The van der Waals surface area contributed by atoms with E-state index >= 15 is 0 Å². The minimum Gasteiger partial charge on any atom is -0.356 e. The van der Waals surface area contributed by atoms with Crippen molar-refractivity contribution in [3.63, 3.8) is 0 Å². The van der Waals surface area contributed by atoms with E-state index in [4.69, 9.17) is 0 Å². The summed E-state index contributed by atoms with van der Waals surface area (Å²) in [7, 11) is 0. The lowest BCUT2D eigenvalue weighted by atomic mass is 9.86. The predicted molar refractivity (Wildman–Crippen MR) is 85.7 cm³/mol. The van der Waals surface area contributed by atoms with Crippen molar-refractivity contribution < 1.29 is 4.79 Å². The van der Waals surface area contributed by atoms with Crippen molar-refractivity contribution in [1.29, 1.82) is 0 Å². The molecule has 0 spiro atoms. The highest BCUT2D eigenvalue weighted by atomic mass is 16.1. The molecule has 3 heteroatoms. The Hall–Kier alpha value is -0.570. The van der Waals surface area contributed by atoms with Gasteiger partial charge in [0, 0.05) is 19.0 Å². The Morgan fingerprint density at radius 1 is 1.35 bits per heavy atom. The largest absolute Gasteiger partial charge is 0.356 e. The second-order valence-corrected chi connectivity index (χ2v) is 7.28. The molecule has 118 valence electrons. The standard InChI is InChI=1S/C17H34N2O/c1-5-6-7-10-17(3,4)13-19-16(20)12-15-14(2)9-8-11-18-15/h14-15,18H,5-13H2,1-4H3,(H,19,20). The van der Waals surface area contributed by atoms with Crippen LogP contribution in [0.5, 0.6) is 0 Å². The molecular formula is C17H34N2O. The monoisotopic (exact) mass is 282 g/mol. The fourth-order valence-corrected chi connectivity index (χ4v) is 2.94. The third-order valence-corrected chi connectivity index (χ3v) is 4.56. The molecule has 2 N–H and O–H groups in total. The second kappa shape index (κ2) is 8.66. The molecule has 0 aromatic heterocycles. The molecule has 0 bridgehead atoms. The molecule has 1 rings (SSSR count). The van der Waals surface area contributed by atoms with Gasteiger partial charge in [-0.1, -0.05) is 47.0 Å². The first-order valence-corrected chi connectivity index (χ1v) is 8.44. The van der Waals surface area contributed by atoms with Gasteiger partial charge in [-0.05, 0) is 37.1 Å². The third-order valence-electron chi connectivity index (χ3n) is 4.56. The van der Waals surface area contributed by atoms with E-state index in [2.05, 4.69) is 38.3 Å². The summed E-state index contributed by atoms with van der Waals surface area (Å²) in [6.45, 7) is 10.8. The zero-order chi connectivity index (χ0) is 15.0. The van der Waals surface area contributed by atoms with Crippen molar-refractivity contribution in [3.05, 3.63) is 0 Å². The van der Waals surface area contributed by atoms with E-state index in [0.717, 1.165) is 13.1 Å². The molecule has 1 aliphatic rings. The van der Waals surface area contributed by atoms with E-state index < -0.39 is 0 Å². The van der Waals surface area contributed by atoms with Gasteiger partial charge in [0.15, 0.2) is 0 Å². The molecule has 1 saturated heterocycles. The van der Waals surface area contributed by atoms with Gasteiger partial charge in [0.1, 0.15) is 0 Å². The molecule has 1 amide bonds. The van der Waals surface area contributed by atoms with Crippen LogP contribution < -0.4 is 10.6 Å².